The molecular formula is C14H22ClN3O. The Kier molecular flexibility index (Phi) is 5.25. The first kappa shape index (κ1) is 14.4. The van der Waals surface area contributed by atoms with Crippen molar-refractivity contribution in [3.8, 4) is 5.75 Å². The summed E-state index contributed by atoms with van der Waals surface area (Å²) in [6, 6.07) is 0. The SMILES string of the molecule is CCC1CCC(CNc2ncnc(Cl)c2OC)CC1. The average Bonchev–Trinajstić information content (AvgIpc) is 2.45. The van der Waals surface area contributed by atoms with Crippen LogP contribution < -0.4 is 10.1 Å². The molecule has 1 heterocycles. The van der Waals surface area contributed by atoms with Crippen molar-refractivity contribution in [2.24, 2.45) is 11.8 Å². The van der Waals surface area contributed by atoms with Gasteiger partial charge in [0.2, 0.25) is 0 Å². The summed E-state index contributed by atoms with van der Waals surface area (Å²) in [7, 11) is 1.59. The minimum Gasteiger partial charge on any atom is -0.490 e. The van der Waals surface area contributed by atoms with E-state index < -0.39 is 0 Å². The summed E-state index contributed by atoms with van der Waals surface area (Å²) in [5, 5.41) is 3.70. The Morgan fingerprint density at radius 2 is 1.95 bits per heavy atom. The van der Waals surface area contributed by atoms with Crippen LogP contribution in [0.5, 0.6) is 5.75 Å². The van der Waals surface area contributed by atoms with Crippen molar-refractivity contribution >= 4 is 17.4 Å². The summed E-state index contributed by atoms with van der Waals surface area (Å²) in [6.07, 6.45) is 8.07. The number of hydrogen-bond acceptors (Lipinski definition) is 4. The number of hydrogen-bond donors (Lipinski definition) is 1. The second kappa shape index (κ2) is 6.94. The first-order chi connectivity index (χ1) is 9.24. The van der Waals surface area contributed by atoms with Gasteiger partial charge in [0, 0.05) is 6.54 Å². The molecule has 0 atom stereocenters. The molecule has 1 aliphatic rings. The van der Waals surface area contributed by atoms with E-state index in [2.05, 4.69) is 22.2 Å². The highest BCUT2D eigenvalue weighted by Crippen LogP contribution is 2.32. The molecule has 0 spiro atoms. The third kappa shape index (κ3) is 3.72. The van der Waals surface area contributed by atoms with Gasteiger partial charge < -0.3 is 10.1 Å². The monoisotopic (exact) mass is 283 g/mol. The van der Waals surface area contributed by atoms with E-state index in [-0.39, 0.29) is 0 Å². The standard InChI is InChI=1S/C14H22ClN3O/c1-3-10-4-6-11(7-5-10)8-16-14-12(19-2)13(15)17-9-18-14/h9-11H,3-8H2,1-2H3,(H,16,17,18). The molecule has 0 unspecified atom stereocenters. The molecule has 0 saturated heterocycles. The molecule has 0 radical (unpaired) electrons. The molecule has 0 bridgehead atoms. The molecule has 1 N–H and O–H groups in total. The molecule has 1 aliphatic carbocycles. The second-order valence-electron chi connectivity index (χ2n) is 5.22. The fourth-order valence-corrected chi connectivity index (χ4v) is 2.95. The van der Waals surface area contributed by atoms with E-state index in [1.807, 2.05) is 0 Å². The number of methoxy groups -OCH3 is 1. The fraction of sp³-hybridized carbons (Fsp3) is 0.714. The van der Waals surface area contributed by atoms with Gasteiger partial charge in [0.05, 0.1) is 7.11 Å². The van der Waals surface area contributed by atoms with E-state index in [9.17, 15) is 0 Å². The quantitative estimate of drug-likeness (QED) is 0.836. The first-order valence-corrected chi connectivity index (χ1v) is 7.40. The van der Waals surface area contributed by atoms with Gasteiger partial charge in [-0.25, -0.2) is 9.97 Å². The lowest BCUT2D eigenvalue weighted by Crippen LogP contribution is -2.21. The van der Waals surface area contributed by atoms with Crippen LogP contribution in [0.1, 0.15) is 39.0 Å². The van der Waals surface area contributed by atoms with Crippen LogP contribution in [0.15, 0.2) is 6.33 Å². The van der Waals surface area contributed by atoms with Crippen molar-refractivity contribution in [3.63, 3.8) is 0 Å². The van der Waals surface area contributed by atoms with Crippen LogP contribution in [0.25, 0.3) is 0 Å². The molecule has 1 saturated carbocycles. The van der Waals surface area contributed by atoms with Crippen molar-refractivity contribution in [3.05, 3.63) is 11.5 Å². The molecule has 2 rings (SSSR count). The zero-order chi connectivity index (χ0) is 13.7. The van der Waals surface area contributed by atoms with Gasteiger partial charge in [-0.05, 0) is 24.7 Å². The number of ether oxygens (including phenoxy) is 1. The summed E-state index contributed by atoms with van der Waals surface area (Å²) in [4.78, 5) is 8.11. The molecule has 19 heavy (non-hydrogen) atoms. The number of halogens is 1. The van der Waals surface area contributed by atoms with E-state index in [1.165, 1.54) is 38.4 Å². The Labute approximate surface area is 119 Å². The third-order valence-corrected chi connectivity index (χ3v) is 4.34. The van der Waals surface area contributed by atoms with Crippen molar-refractivity contribution in [1.82, 2.24) is 9.97 Å². The van der Waals surface area contributed by atoms with Gasteiger partial charge >= 0.3 is 0 Å². The van der Waals surface area contributed by atoms with Gasteiger partial charge in [-0.15, -0.1) is 0 Å². The summed E-state index contributed by atoms with van der Waals surface area (Å²) >= 11 is 5.97. The number of aromatic nitrogens is 2. The first-order valence-electron chi connectivity index (χ1n) is 7.03. The lowest BCUT2D eigenvalue weighted by Gasteiger charge is -2.28. The predicted molar refractivity (Wildman–Crippen MR) is 77.8 cm³/mol. The highest BCUT2D eigenvalue weighted by atomic mass is 35.5. The largest absolute Gasteiger partial charge is 0.490 e. The topological polar surface area (TPSA) is 47.0 Å². The molecule has 0 amide bonds. The van der Waals surface area contributed by atoms with Crippen LogP contribution >= 0.6 is 11.6 Å². The van der Waals surface area contributed by atoms with E-state index in [0.29, 0.717) is 16.7 Å². The minimum atomic E-state index is 0.356. The summed E-state index contributed by atoms with van der Waals surface area (Å²) in [5.41, 5.74) is 0. The van der Waals surface area contributed by atoms with Gasteiger partial charge in [0.15, 0.2) is 16.7 Å². The zero-order valence-electron chi connectivity index (χ0n) is 11.7. The minimum absolute atomic E-state index is 0.356. The third-order valence-electron chi connectivity index (χ3n) is 4.07. The molecule has 106 valence electrons. The average molecular weight is 284 g/mol. The van der Waals surface area contributed by atoms with E-state index >= 15 is 0 Å². The lowest BCUT2D eigenvalue weighted by molar-refractivity contribution is 0.278. The lowest BCUT2D eigenvalue weighted by atomic mass is 9.81. The molecule has 4 nitrogen and oxygen atoms in total. The van der Waals surface area contributed by atoms with E-state index in [1.54, 1.807) is 7.11 Å². The maximum Gasteiger partial charge on any atom is 0.198 e. The molecule has 5 heteroatoms. The Balaban J connectivity index is 1.88. The van der Waals surface area contributed by atoms with E-state index in [4.69, 9.17) is 16.3 Å². The van der Waals surface area contributed by atoms with Gasteiger partial charge in [0.25, 0.3) is 0 Å². The van der Waals surface area contributed by atoms with E-state index in [0.717, 1.165) is 18.4 Å². The Bertz CT molecular complexity index is 406. The van der Waals surface area contributed by atoms with Crippen molar-refractivity contribution < 1.29 is 4.74 Å². The molecule has 0 aliphatic heterocycles. The maximum absolute atomic E-state index is 5.97. The van der Waals surface area contributed by atoms with Crippen LogP contribution in [0, 0.1) is 11.8 Å². The second-order valence-corrected chi connectivity index (χ2v) is 5.58. The van der Waals surface area contributed by atoms with Crippen LogP contribution in [0.2, 0.25) is 5.15 Å². The van der Waals surface area contributed by atoms with Crippen molar-refractivity contribution in [2.75, 3.05) is 19.0 Å². The molecule has 0 aromatic carbocycles. The van der Waals surface area contributed by atoms with Gasteiger partial charge in [-0.2, -0.15) is 0 Å². The smallest absolute Gasteiger partial charge is 0.198 e. The van der Waals surface area contributed by atoms with Crippen LogP contribution in [0.3, 0.4) is 0 Å². The summed E-state index contributed by atoms with van der Waals surface area (Å²) in [5.74, 6) is 2.88. The van der Waals surface area contributed by atoms with Gasteiger partial charge in [0.1, 0.15) is 6.33 Å². The Hall–Kier alpha value is -1.03. The fourth-order valence-electron chi connectivity index (χ4n) is 2.74. The van der Waals surface area contributed by atoms with Crippen LogP contribution in [0.4, 0.5) is 5.82 Å². The number of nitrogens with zero attached hydrogens (tertiary/aromatic N) is 2. The van der Waals surface area contributed by atoms with Crippen LogP contribution in [-0.4, -0.2) is 23.6 Å². The molecule has 1 aromatic rings. The maximum atomic E-state index is 5.97. The van der Waals surface area contributed by atoms with Crippen LogP contribution in [-0.2, 0) is 0 Å². The Morgan fingerprint density at radius 1 is 1.26 bits per heavy atom. The number of rotatable bonds is 5. The molecular weight excluding hydrogens is 262 g/mol. The molecule has 1 fully saturated rings. The summed E-state index contributed by atoms with van der Waals surface area (Å²) in [6.45, 7) is 3.22. The number of nitrogens with one attached hydrogen (secondary N) is 1. The highest BCUT2D eigenvalue weighted by Gasteiger charge is 2.20. The predicted octanol–water partition coefficient (Wildman–Crippen LogP) is 3.77. The van der Waals surface area contributed by atoms with Gasteiger partial charge in [-0.1, -0.05) is 37.8 Å². The summed E-state index contributed by atoms with van der Waals surface area (Å²) < 4.78 is 5.23. The highest BCUT2D eigenvalue weighted by molar-refractivity contribution is 6.31. The normalized spacial score (nSPS) is 23.1. The number of anilines is 1. The molecule has 1 aromatic heterocycles. The Morgan fingerprint density at radius 3 is 2.58 bits per heavy atom. The zero-order valence-corrected chi connectivity index (χ0v) is 12.4. The van der Waals surface area contributed by atoms with Gasteiger partial charge in [-0.3, -0.25) is 0 Å². The van der Waals surface area contributed by atoms with Crippen molar-refractivity contribution in [1.29, 1.82) is 0 Å². The van der Waals surface area contributed by atoms with Crippen molar-refractivity contribution in [2.45, 2.75) is 39.0 Å².